The smallest absolute Gasteiger partial charge is 0.321 e. The molecule has 1 aliphatic rings. The molecule has 0 unspecified atom stereocenters. The van der Waals surface area contributed by atoms with Crippen molar-refractivity contribution >= 4 is 5.97 Å². The molecule has 1 fully saturated rings. The van der Waals surface area contributed by atoms with Gasteiger partial charge in [-0.15, -0.1) is 0 Å². The summed E-state index contributed by atoms with van der Waals surface area (Å²) in [6.45, 7) is 0. The van der Waals surface area contributed by atoms with E-state index in [1.54, 1.807) is 0 Å². The van der Waals surface area contributed by atoms with Gasteiger partial charge in [-0.25, -0.2) is 0 Å². The van der Waals surface area contributed by atoms with E-state index in [-0.39, 0.29) is 0 Å². The molecule has 80 valence electrons. The van der Waals surface area contributed by atoms with Crippen molar-refractivity contribution in [1.29, 1.82) is 0 Å². The second-order valence-electron chi connectivity index (χ2n) is 4.02. The van der Waals surface area contributed by atoms with Gasteiger partial charge in [0.05, 0.1) is 0 Å². The first-order chi connectivity index (χ1) is 7.25. The molecule has 0 aliphatic heterocycles. The van der Waals surface area contributed by atoms with Crippen molar-refractivity contribution in [3.8, 4) is 0 Å². The van der Waals surface area contributed by atoms with Crippen LogP contribution in [0.3, 0.4) is 0 Å². The lowest BCUT2D eigenvalue weighted by Crippen LogP contribution is -2.39. The Morgan fingerprint density at radius 1 is 1.40 bits per heavy atom. The summed E-state index contributed by atoms with van der Waals surface area (Å²) in [5, 5.41) is 12.2. The molecule has 3 nitrogen and oxygen atoms in total. The molecule has 1 aliphatic carbocycles. The molecule has 1 atom stereocenters. The molecular formula is C12H15NO2. The molecule has 1 saturated carbocycles. The Kier molecular flexibility index (Phi) is 3.02. The molecule has 1 aromatic rings. The van der Waals surface area contributed by atoms with Crippen molar-refractivity contribution in [3.05, 3.63) is 35.9 Å². The zero-order valence-electron chi connectivity index (χ0n) is 8.52. The SMILES string of the molecule is O=C(O)[C@H](Cc1ccccc1)NC1CC1. The standard InChI is InChI=1S/C12H15NO2/c14-12(15)11(13-10-6-7-10)8-9-4-2-1-3-5-9/h1-5,10-11,13H,6-8H2,(H,14,15)/t11-/m0/s1. The third-order valence-corrected chi connectivity index (χ3v) is 2.59. The second kappa shape index (κ2) is 4.45. The molecule has 0 bridgehead atoms. The van der Waals surface area contributed by atoms with Crippen LogP contribution in [-0.4, -0.2) is 23.2 Å². The quantitative estimate of drug-likeness (QED) is 0.764. The van der Waals surface area contributed by atoms with Gasteiger partial charge in [-0.3, -0.25) is 4.79 Å². The van der Waals surface area contributed by atoms with Crippen LogP contribution in [0.2, 0.25) is 0 Å². The average molecular weight is 205 g/mol. The predicted octanol–water partition coefficient (Wildman–Crippen LogP) is 1.43. The monoisotopic (exact) mass is 205 g/mol. The lowest BCUT2D eigenvalue weighted by atomic mass is 10.1. The van der Waals surface area contributed by atoms with Crippen LogP contribution in [0.25, 0.3) is 0 Å². The van der Waals surface area contributed by atoms with Crippen molar-refractivity contribution in [2.75, 3.05) is 0 Å². The maximum absolute atomic E-state index is 11.0. The first kappa shape index (κ1) is 10.2. The van der Waals surface area contributed by atoms with Gasteiger partial charge in [-0.1, -0.05) is 30.3 Å². The van der Waals surface area contributed by atoms with E-state index < -0.39 is 12.0 Å². The molecule has 3 heteroatoms. The molecule has 0 aromatic heterocycles. The number of hydrogen-bond acceptors (Lipinski definition) is 2. The third-order valence-electron chi connectivity index (χ3n) is 2.59. The molecule has 15 heavy (non-hydrogen) atoms. The van der Waals surface area contributed by atoms with Gasteiger partial charge in [-0.2, -0.15) is 0 Å². The Morgan fingerprint density at radius 3 is 2.60 bits per heavy atom. The van der Waals surface area contributed by atoms with Gasteiger partial charge in [0.1, 0.15) is 6.04 Å². The van der Waals surface area contributed by atoms with E-state index in [1.807, 2.05) is 30.3 Å². The maximum atomic E-state index is 11.0. The van der Waals surface area contributed by atoms with Crippen molar-refractivity contribution in [2.24, 2.45) is 0 Å². The summed E-state index contributed by atoms with van der Waals surface area (Å²) in [7, 11) is 0. The average Bonchev–Trinajstić information content (AvgIpc) is 3.02. The molecule has 0 spiro atoms. The molecule has 2 N–H and O–H groups in total. The van der Waals surface area contributed by atoms with E-state index in [0.717, 1.165) is 18.4 Å². The second-order valence-corrected chi connectivity index (χ2v) is 4.02. The summed E-state index contributed by atoms with van der Waals surface area (Å²) in [6.07, 6.45) is 2.78. The van der Waals surface area contributed by atoms with Gasteiger partial charge in [0.25, 0.3) is 0 Å². The molecular weight excluding hydrogens is 190 g/mol. The van der Waals surface area contributed by atoms with E-state index >= 15 is 0 Å². The van der Waals surface area contributed by atoms with Crippen LogP contribution in [0.15, 0.2) is 30.3 Å². The van der Waals surface area contributed by atoms with Gasteiger partial charge < -0.3 is 10.4 Å². The van der Waals surface area contributed by atoms with Crippen LogP contribution in [0.4, 0.5) is 0 Å². The first-order valence-corrected chi connectivity index (χ1v) is 5.28. The Hall–Kier alpha value is -1.35. The minimum absolute atomic E-state index is 0.426. The van der Waals surface area contributed by atoms with Crippen molar-refractivity contribution in [1.82, 2.24) is 5.32 Å². The lowest BCUT2D eigenvalue weighted by molar-refractivity contribution is -0.139. The van der Waals surface area contributed by atoms with Crippen molar-refractivity contribution < 1.29 is 9.90 Å². The van der Waals surface area contributed by atoms with Crippen LogP contribution >= 0.6 is 0 Å². The van der Waals surface area contributed by atoms with Crippen LogP contribution in [0, 0.1) is 0 Å². The number of aliphatic carboxylic acids is 1. The van der Waals surface area contributed by atoms with Crippen molar-refractivity contribution in [3.63, 3.8) is 0 Å². The fourth-order valence-electron chi connectivity index (χ4n) is 1.60. The number of hydrogen-bond donors (Lipinski definition) is 2. The van der Waals surface area contributed by atoms with E-state index in [0.29, 0.717) is 12.5 Å². The summed E-state index contributed by atoms with van der Waals surface area (Å²) >= 11 is 0. The number of nitrogens with one attached hydrogen (secondary N) is 1. The number of carboxylic acid groups (broad SMARTS) is 1. The Bertz CT molecular complexity index is 333. The van der Waals surface area contributed by atoms with E-state index in [1.165, 1.54) is 0 Å². The fourth-order valence-corrected chi connectivity index (χ4v) is 1.60. The minimum atomic E-state index is -0.759. The highest BCUT2D eigenvalue weighted by Crippen LogP contribution is 2.20. The van der Waals surface area contributed by atoms with E-state index in [9.17, 15) is 4.79 Å². The minimum Gasteiger partial charge on any atom is -0.480 e. The van der Waals surface area contributed by atoms with E-state index in [4.69, 9.17) is 5.11 Å². The Morgan fingerprint density at radius 2 is 2.07 bits per heavy atom. The zero-order valence-corrected chi connectivity index (χ0v) is 8.52. The highest BCUT2D eigenvalue weighted by atomic mass is 16.4. The highest BCUT2D eigenvalue weighted by molar-refractivity contribution is 5.74. The zero-order chi connectivity index (χ0) is 10.7. The Balaban J connectivity index is 1.96. The summed E-state index contributed by atoms with van der Waals surface area (Å²) < 4.78 is 0. The normalized spacial score (nSPS) is 17.3. The number of carboxylic acids is 1. The topological polar surface area (TPSA) is 49.3 Å². The highest BCUT2D eigenvalue weighted by Gasteiger charge is 2.28. The first-order valence-electron chi connectivity index (χ1n) is 5.28. The van der Waals surface area contributed by atoms with Crippen LogP contribution in [-0.2, 0) is 11.2 Å². The molecule has 2 rings (SSSR count). The van der Waals surface area contributed by atoms with Crippen LogP contribution < -0.4 is 5.32 Å². The fraction of sp³-hybridized carbons (Fsp3) is 0.417. The maximum Gasteiger partial charge on any atom is 0.321 e. The van der Waals surface area contributed by atoms with Gasteiger partial charge in [0.2, 0.25) is 0 Å². The molecule has 0 amide bonds. The predicted molar refractivity (Wildman–Crippen MR) is 57.7 cm³/mol. The summed E-state index contributed by atoms with van der Waals surface area (Å²) in [4.78, 5) is 11.0. The molecule has 1 aromatic carbocycles. The van der Waals surface area contributed by atoms with Crippen LogP contribution in [0.5, 0.6) is 0 Å². The number of benzene rings is 1. The van der Waals surface area contributed by atoms with Gasteiger partial charge >= 0.3 is 5.97 Å². The van der Waals surface area contributed by atoms with Crippen LogP contribution in [0.1, 0.15) is 18.4 Å². The number of carbonyl (C=O) groups is 1. The van der Waals surface area contributed by atoms with E-state index in [2.05, 4.69) is 5.32 Å². The Labute approximate surface area is 89.1 Å². The van der Waals surface area contributed by atoms with Crippen molar-refractivity contribution in [2.45, 2.75) is 31.3 Å². The van der Waals surface area contributed by atoms with Gasteiger partial charge in [0.15, 0.2) is 0 Å². The molecule has 0 heterocycles. The third kappa shape index (κ3) is 3.06. The summed E-state index contributed by atoms with van der Waals surface area (Å²) in [6, 6.07) is 9.72. The van der Waals surface area contributed by atoms with Gasteiger partial charge in [0, 0.05) is 6.04 Å². The summed E-state index contributed by atoms with van der Waals surface area (Å²) in [5.74, 6) is -0.759. The molecule has 0 saturated heterocycles. The summed E-state index contributed by atoms with van der Waals surface area (Å²) in [5.41, 5.74) is 1.07. The molecule has 0 radical (unpaired) electrons. The lowest BCUT2D eigenvalue weighted by Gasteiger charge is -2.13. The van der Waals surface area contributed by atoms with Gasteiger partial charge in [-0.05, 0) is 24.8 Å². The number of rotatable bonds is 5. The largest absolute Gasteiger partial charge is 0.480 e.